The fourth-order valence-corrected chi connectivity index (χ4v) is 1.35. The van der Waals surface area contributed by atoms with Crippen LogP contribution in [-0.4, -0.2) is 6.54 Å². The van der Waals surface area contributed by atoms with E-state index in [0.717, 1.165) is 6.07 Å². The number of rotatable bonds is 4. The largest absolute Gasteiger partial charge is 0.330 e. The third kappa shape index (κ3) is 2.63. The molecule has 0 fully saturated rings. The van der Waals surface area contributed by atoms with E-state index in [2.05, 4.69) is 6.58 Å². The molecule has 0 bridgehead atoms. The van der Waals surface area contributed by atoms with Gasteiger partial charge in [-0.1, -0.05) is 25.1 Å². The summed E-state index contributed by atoms with van der Waals surface area (Å²) in [6, 6.07) is 4.16. The first-order valence-corrected chi connectivity index (χ1v) is 4.79. The molecule has 0 aliphatic carbocycles. The Kier molecular flexibility index (Phi) is 3.58. The van der Waals surface area contributed by atoms with E-state index in [4.69, 9.17) is 5.73 Å². The monoisotopic (exact) mass is 211 g/mol. The van der Waals surface area contributed by atoms with Gasteiger partial charge < -0.3 is 5.73 Å². The molecule has 1 unspecified atom stereocenters. The summed E-state index contributed by atoms with van der Waals surface area (Å²) in [5.41, 5.74) is 5.51. The molecule has 0 aliphatic heterocycles. The Labute approximate surface area is 88.6 Å². The van der Waals surface area contributed by atoms with Gasteiger partial charge in [-0.25, -0.2) is 8.78 Å². The van der Waals surface area contributed by atoms with E-state index < -0.39 is 17.0 Å². The van der Waals surface area contributed by atoms with Gasteiger partial charge in [-0.3, -0.25) is 0 Å². The Morgan fingerprint density at radius 1 is 1.47 bits per heavy atom. The maximum atomic E-state index is 13.4. The molecular formula is C12H15F2N. The maximum Gasteiger partial charge on any atom is 0.162 e. The third-order valence-corrected chi connectivity index (χ3v) is 2.58. The Morgan fingerprint density at radius 2 is 2.13 bits per heavy atom. The standard InChI is InChI=1S/C12H15F2N/c1-3-12(2,8-15)7-9-5-4-6-10(13)11(9)14/h3-6H,1,7-8,15H2,2H3. The predicted octanol–water partition coefficient (Wildman–Crippen LogP) is 2.66. The van der Waals surface area contributed by atoms with E-state index in [0.29, 0.717) is 18.5 Å². The lowest BCUT2D eigenvalue weighted by molar-refractivity contribution is 0.418. The Bertz CT molecular complexity index is 363. The van der Waals surface area contributed by atoms with Gasteiger partial charge in [-0.15, -0.1) is 6.58 Å². The second kappa shape index (κ2) is 4.53. The first-order valence-electron chi connectivity index (χ1n) is 4.79. The van der Waals surface area contributed by atoms with Gasteiger partial charge in [0, 0.05) is 12.0 Å². The molecule has 1 nitrogen and oxygen atoms in total. The van der Waals surface area contributed by atoms with Crippen molar-refractivity contribution in [2.75, 3.05) is 6.54 Å². The van der Waals surface area contributed by atoms with E-state index in [-0.39, 0.29) is 0 Å². The summed E-state index contributed by atoms with van der Waals surface area (Å²) in [6.07, 6.45) is 2.04. The van der Waals surface area contributed by atoms with Gasteiger partial charge in [0.2, 0.25) is 0 Å². The number of hydrogen-bond donors (Lipinski definition) is 1. The van der Waals surface area contributed by atoms with E-state index in [9.17, 15) is 8.78 Å². The van der Waals surface area contributed by atoms with Gasteiger partial charge in [0.15, 0.2) is 11.6 Å². The van der Waals surface area contributed by atoms with Gasteiger partial charge in [0.1, 0.15) is 0 Å². The van der Waals surface area contributed by atoms with Crippen LogP contribution in [0, 0.1) is 17.0 Å². The summed E-state index contributed by atoms with van der Waals surface area (Å²) in [4.78, 5) is 0. The summed E-state index contributed by atoms with van der Waals surface area (Å²) in [5, 5.41) is 0. The first-order chi connectivity index (χ1) is 7.02. The fraction of sp³-hybridized carbons (Fsp3) is 0.333. The lowest BCUT2D eigenvalue weighted by Gasteiger charge is -2.23. The van der Waals surface area contributed by atoms with Crippen LogP contribution >= 0.6 is 0 Å². The summed E-state index contributed by atoms with van der Waals surface area (Å²) in [6.45, 7) is 5.87. The van der Waals surface area contributed by atoms with Crippen molar-refractivity contribution >= 4 is 0 Å². The third-order valence-electron chi connectivity index (χ3n) is 2.58. The minimum absolute atomic E-state index is 0.336. The Morgan fingerprint density at radius 3 is 2.67 bits per heavy atom. The SMILES string of the molecule is C=CC(C)(CN)Cc1cccc(F)c1F. The highest BCUT2D eigenvalue weighted by atomic mass is 19.2. The topological polar surface area (TPSA) is 26.0 Å². The lowest BCUT2D eigenvalue weighted by Crippen LogP contribution is -2.27. The van der Waals surface area contributed by atoms with Crippen LogP contribution in [0.3, 0.4) is 0 Å². The number of benzene rings is 1. The van der Waals surface area contributed by atoms with Gasteiger partial charge in [0.25, 0.3) is 0 Å². The Balaban J connectivity index is 2.98. The van der Waals surface area contributed by atoms with Crippen LogP contribution < -0.4 is 5.73 Å². The zero-order valence-electron chi connectivity index (χ0n) is 8.76. The van der Waals surface area contributed by atoms with Gasteiger partial charge >= 0.3 is 0 Å². The summed E-state index contributed by atoms with van der Waals surface area (Å²) in [7, 11) is 0. The number of halogens is 2. The normalized spacial score (nSPS) is 14.7. The highest BCUT2D eigenvalue weighted by molar-refractivity contribution is 5.21. The molecule has 2 N–H and O–H groups in total. The average Bonchev–Trinajstić information content (AvgIpc) is 2.25. The second-order valence-corrected chi connectivity index (χ2v) is 3.95. The van der Waals surface area contributed by atoms with Crippen LogP contribution in [0.1, 0.15) is 12.5 Å². The molecule has 0 amide bonds. The molecule has 3 heteroatoms. The molecule has 1 aromatic carbocycles. The minimum atomic E-state index is -0.823. The van der Waals surface area contributed by atoms with Crippen molar-refractivity contribution in [2.45, 2.75) is 13.3 Å². The molecule has 0 aromatic heterocycles. The highest BCUT2D eigenvalue weighted by Gasteiger charge is 2.21. The molecule has 82 valence electrons. The molecule has 1 rings (SSSR count). The average molecular weight is 211 g/mol. The molecular weight excluding hydrogens is 196 g/mol. The molecule has 0 heterocycles. The minimum Gasteiger partial charge on any atom is -0.330 e. The lowest BCUT2D eigenvalue weighted by atomic mass is 9.84. The van der Waals surface area contributed by atoms with Gasteiger partial charge in [-0.05, 0) is 18.1 Å². The molecule has 0 saturated heterocycles. The van der Waals surface area contributed by atoms with E-state index in [1.807, 2.05) is 6.92 Å². The van der Waals surface area contributed by atoms with Crippen LogP contribution in [0.15, 0.2) is 30.9 Å². The summed E-state index contributed by atoms with van der Waals surface area (Å²) < 4.78 is 26.3. The smallest absolute Gasteiger partial charge is 0.162 e. The maximum absolute atomic E-state index is 13.4. The van der Waals surface area contributed by atoms with Crippen molar-refractivity contribution in [3.05, 3.63) is 48.1 Å². The summed E-state index contributed by atoms with van der Waals surface area (Å²) >= 11 is 0. The van der Waals surface area contributed by atoms with E-state index in [1.165, 1.54) is 6.07 Å². The van der Waals surface area contributed by atoms with E-state index in [1.54, 1.807) is 12.1 Å². The summed E-state index contributed by atoms with van der Waals surface area (Å²) in [5.74, 6) is -1.62. The van der Waals surface area contributed by atoms with Gasteiger partial charge in [0.05, 0.1) is 0 Å². The first kappa shape index (κ1) is 11.9. The van der Waals surface area contributed by atoms with Crippen LogP contribution in [-0.2, 0) is 6.42 Å². The zero-order valence-corrected chi connectivity index (χ0v) is 8.76. The predicted molar refractivity (Wildman–Crippen MR) is 57.4 cm³/mol. The molecule has 1 atom stereocenters. The fourth-order valence-electron chi connectivity index (χ4n) is 1.35. The van der Waals surface area contributed by atoms with Crippen LogP contribution in [0.4, 0.5) is 8.78 Å². The molecule has 1 aromatic rings. The molecule has 0 saturated carbocycles. The van der Waals surface area contributed by atoms with Crippen LogP contribution in [0.25, 0.3) is 0 Å². The number of hydrogen-bond acceptors (Lipinski definition) is 1. The highest BCUT2D eigenvalue weighted by Crippen LogP contribution is 2.24. The van der Waals surface area contributed by atoms with Crippen molar-refractivity contribution in [1.82, 2.24) is 0 Å². The van der Waals surface area contributed by atoms with Crippen LogP contribution in [0.5, 0.6) is 0 Å². The number of nitrogens with two attached hydrogens (primary N) is 1. The second-order valence-electron chi connectivity index (χ2n) is 3.95. The van der Waals surface area contributed by atoms with Crippen molar-refractivity contribution in [3.63, 3.8) is 0 Å². The van der Waals surface area contributed by atoms with E-state index >= 15 is 0 Å². The van der Waals surface area contributed by atoms with Crippen molar-refractivity contribution < 1.29 is 8.78 Å². The Hall–Kier alpha value is -1.22. The van der Waals surface area contributed by atoms with Gasteiger partial charge in [-0.2, -0.15) is 0 Å². The molecule has 0 radical (unpaired) electrons. The van der Waals surface area contributed by atoms with Crippen molar-refractivity contribution in [1.29, 1.82) is 0 Å². The molecule has 0 aliphatic rings. The van der Waals surface area contributed by atoms with Crippen LogP contribution in [0.2, 0.25) is 0 Å². The molecule has 0 spiro atoms. The zero-order chi connectivity index (χ0) is 11.5. The van der Waals surface area contributed by atoms with Crippen molar-refractivity contribution in [2.24, 2.45) is 11.1 Å². The quantitative estimate of drug-likeness (QED) is 0.761. The van der Waals surface area contributed by atoms with Crippen molar-refractivity contribution in [3.8, 4) is 0 Å². The molecule has 15 heavy (non-hydrogen) atoms.